The van der Waals surface area contributed by atoms with E-state index in [4.69, 9.17) is 10.8 Å². The second-order valence-corrected chi connectivity index (χ2v) is 10.4. The van der Waals surface area contributed by atoms with E-state index in [-0.39, 0.29) is 12.8 Å². The van der Waals surface area contributed by atoms with Gasteiger partial charge in [0, 0.05) is 17.1 Å². The van der Waals surface area contributed by atoms with E-state index in [0.29, 0.717) is 12.2 Å². The molecule has 13 heteroatoms. The second kappa shape index (κ2) is 15.1. The van der Waals surface area contributed by atoms with Gasteiger partial charge in [0.1, 0.15) is 18.1 Å². The number of fused-ring (bicyclic) bond motifs is 1. The second-order valence-electron chi connectivity index (χ2n) is 9.38. The molecule has 0 aliphatic heterocycles. The monoisotopic (exact) mass is 563 g/mol. The summed E-state index contributed by atoms with van der Waals surface area (Å²) in [6.07, 6.45) is 3.80. The van der Waals surface area contributed by atoms with Crippen molar-refractivity contribution < 1.29 is 34.2 Å². The molecule has 0 aliphatic rings. The number of aromatic nitrogens is 1. The lowest BCUT2D eigenvalue weighted by Crippen LogP contribution is -2.59. The Labute approximate surface area is 230 Å². The fourth-order valence-corrected chi connectivity index (χ4v) is 4.48. The predicted molar refractivity (Wildman–Crippen MR) is 148 cm³/mol. The molecule has 0 saturated heterocycles. The Morgan fingerprint density at radius 1 is 1.00 bits per heavy atom. The van der Waals surface area contributed by atoms with Crippen molar-refractivity contribution in [2.45, 2.75) is 63.7 Å². The maximum Gasteiger partial charge on any atom is 0.326 e. The van der Waals surface area contributed by atoms with Crippen LogP contribution in [0.4, 0.5) is 0 Å². The summed E-state index contributed by atoms with van der Waals surface area (Å²) in [7, 11) is 0. The van der Waals surface area contributed by atoms with Gasteiger partial charge in [-0.1, -0.05) is 38.5 Å². The van der Waals surface area contributed by atoms with E-state index in [1.54, 1.807) is 20.0 Å². The minimum absolute atomic E-state index is 0.241. The zero-order valence-corrected chi connectivity index (χ0v) is 23.0. The van der Waals surface area contributed by atoms with E-state index in [2.05, 4.69) is 20.9 Å². The first-order chi connectivity index (χ1) is 18.5. The smallest absolute Gasteiger partial charge is 0.326 e. The number of aliphatic carboxylic acids is 2. The number of hydrogen-bond donors (Lipinski definition) is 7. The van der Waals surface area contributed by atoms with Crippen LogP contribution in [-0.4, -0.2) is 81.0 Å². The summed E-state index contributed by atoms with van der Waals surface area (Å²) in [6.45, 7) is 3.49. The number of carbonyl (C=O) groups is 5. The van der Waals surface area contributed by atoms with Crippen LogP contribution in [0, 0.1) is 5.92 Å². The average molecular weight is 564 g/mol. The number of thioether (sulfide) groups is 1. The van der Waals surface area contributed by atoms with Crippen LogP contribution in [0.5, 0.6) is 0 Å². The number of carboxylic acid groups (broad SMARTS) is 2. The van der Waals surface area contributed by atoms with Gasteiger partial charge in [0.25, 0.3) is 0 Å². The van der Waals surface area contributed by atoms with E-state index < -0.39 is 66.2 Å². The van der Waals surface area contributed by atoms with Gasteiger partial charge in [-0.15, -0.1) is 0 Å². The summed E-state index contributed by atoms with van der Waals surface area (Å²) < 4.78 is 0. The van der Waals surface area contributed by atoms with Crippen molar-refractivity contribution in [2.24, 2.45) is 11.7 Å². The topological polar surface area (TPSA) is 204 Å². The van der Waals surface area contributed by atoms with E-state index in [9.17, 15) is 29.1 Å². The van der Waals surface area contributed by atoms with Gasteiger partial charge in [-0.2, -0.15) is 11.8 Å². The molecule has 8 N–H and O–H groups in total. The van der Waals surface area contributed by atoms with Gasteiger partial charge < -0.3 is 36.9 Å². The van der Waals surface area contributed by atoms with Crippen molar-refractivity contribution in [1.29, 1.82) is 0 Å². The highest BCUT2D eigenvalue weighted by molar-refractivity contribution is 7.98. The van der Waals surface area contributed by atoms with E-state index >= 15 is 0 Å². The molecule has 5 unspecified atom stereocenters. The molecule has 1 heterocycles. The molecule has 39 heavy (non-hydrogen) atoms. The molecular formula is C26H37N5O7S. The first-order valence-corrected chi connectivity index (χ1v) is 14.0. The van der Waals surface area contributed by atoms with Crippen LogP contribution in [0.1, 0.15) is 38.7 Å². The highest BCUT2D eigenvalue weighted by Crippen LogP contribution is 2.19. The molecule has 3 amide bonds. The maximum atomic E-state index is 13.3. The van der Waals surface area contributed by atoms with Crippen LogP contribution in [0.3, 0.4) is 0 Å². The molecule has 2 aromatic rings. The van der Waals surface area contributed by atoms with E-state index in [0.717, 1.165) is 16.5 Å². The number of nitrogens with one attached hydrogen (secondary N) is 4. The third kappa shape index (κ3) is 9.29. The molecule has 1 aromatic carbocycles. The van der Waals surface area contributed by atoms with Crippen LogP contribution in [-0.2, 0) is 30.4 Å². The SMILES string of the molecule is CCC(C)C(NC(=O)C(CCSC)NC(=O)C(N)Cc1c[nH]c2ccccc12)C(=O)NC(CC(=O)O)C(=O)O. The number of nitrogens with two attached hydrogens (primary N) is 1. The molecular weight excluding hydrogens is 526 g/mol. The Balaban J connectivity index is 2.14. The molecule has 0 spiro atoms. The predicted octanol–water partition coefficient (Wildman–Crippen LogP) is 0.851. The first kappa shape index (κ1) is 31.6. The molecule has 0 bridgehead atoms. The van der Waals surface area contributed by atoms with Gasteiger partial charge in [-0.3, -0.25) is 19.2 Å². The molecule has 2 rings (SSSR count). The third-order valence-electron chi connectivity index (χ3n) is 6.48. The zero-order valence-electron chi connectivity index (χ0n) is 22.2. The van der Waals surface area contributed by atoms with Crippen molar-refractivity contribution in [3.05, 3.63) is 36.0 Å². The van der Waals surface area contributed by atoms with Crippen molar-refractivity contribution in [1.82, 2.24) is 20.9 Å². The summed E-state index contributed by atoms with van der Waals surface area (Å²) in [5.41, 5.74) is 7.97. The number of para-hydroxylation sites is 1. The van der Waals surface area contributed by atoms with Crippen molar-refractivity contribution in [3.8, 4) is 0 Å². The summed E-state index contributed by atoms with van der Waals surface area (Å²) in [4.78, 5) is 64.7. The lowest BCUT2D eigenvalue weighted by Gasteiger charge is -2.28. The summed E-state index contributed by atoms with van der Waals surface area (Å²) in [5.74, 6) is -4.74. The van der Waals surface area contributed by atoms with Gasteiger partial charge in [-0.25, -0.2) is 4.79 Å². The Kier molecular flexibility index (Phi) is 12.3. The average Bonchev–Trinajstić information content (AvgIpc) is 3.30. The molecule has 214 valence electrons. The number of rotatable bonds is 16. The van der Waals surface area contributed by atoms with Crippen LogP contribution in [0.25, 0.3) is 10.9 Å². The highest BCUT2D eigenvalue weighted by atomic mass is 32.2. The summed E-state index contributed by atoms with van der Waals surface area (Å²) in [6, 6.07) is 2.88. The quantitative estimate of drug-likeness (QED) is 0.154. The lowest BCUT2D eigenvalue weighted by molar-refractivity contribution is -0.147. The van der Waals surface area contributed by atoms with Crippen molar-refractivity contribution >= 4 is 52.3 Å². The van der Waals surface area contributed by atoms with Gasteiger partial charge in [-0.05, 0) is 42.4 Å². The number of carbonyl (C=O) groups excluding carboxylic acids is 3. The standard InChI is InChI=1S/C26H37N5O7S/c1-4-14(2)22(25(36)30-20(26(37)38)12-21(32)33)31-24(35)19(9-10-39-3)29-23(34)17(27)11-15-13-28-18-8-6-5-7-16(15)18/h5-8,13-14,17,19-20,22,28H,4,9-12,27H2,1-3H3,(H,29,34)(H,30,36)(H,31,35)(H,32,33)(H,37,38). The lowest BCUT2D eigenvalue weighted by atomic mass is 9.97. The Hall–Kier alpha value is -3.58. The number of amides is 3. The minimum atomic E-state index is -1.66. The Morgan fingerprint density at radius 2 is 1.67 bits per heavy atom. The molecule has 5 atom stereocenters. The largest absolute Gasteiger partial charge is 0.481 e. The van der Waals surface area contributed by atoms with Crippen molar-refractivity contribution in [3.63, 3.8) is 0 Å². The fourth-order valence-electron chi connectivity index (χ4n) is 4.01. The van der Waals surface area contributed by atoms with Gasteiger partial charge in [0.2, 0.25) is 17.7 Å². The maximum absolute atomic E-state index is 13.3. The molecule has 0 saturated carbocycles. The number of aromatic amines is 1. The van der Waals surface area contributed by atoms with Crippen LogP contribution in [0.2, 0.25) is 0 Å². The number of hydrogen-bond acceptors (Lipinski definition) is 7. The minimum Gasteiger partial charge on any atom is -0.481 e. The molecule has 12 nitrogen and oxygen atoms in total. The van der Waals surface area contributed by atoms with Crippen molar-refractivity contribution in [2.75, 3.05) is 12.0 Å². The number of benzene rings is 1. The van der Waals surface area contributed by atoms with E-state index in [1.165, 1.54) is 11.8 Å². The van der Waals surface area contributed by atoms with Gasteiger partial charge >= 0.3 is 11.9 Å². The molecule has 1 aromatic heterocycles. The van der Waals surface area contributed by atoms with Crippen LogP contribution < -0.4 is 21.7 Å². The van der Waals surface area contributed by atoms with E-state index in [1.807, 2.05) is 30.5 Å². The number of H-pyrrole nitrogens is 1. The summed E-state index contributed by atoms with van der Waals surface area (Å²) >= 11 is 1.47. The first-order valence-electron chi connectivity index (χ1n) is 12.6. The highest BCUT2D eigenvalue weighted by Gasteiger charge is 2.33. The zero-order chi connectivity index (χ0) is 29.1. The van der Waals surface area contributed by atoms with Gasteiger partial charge in [0.05, 0.1) is 12.5 Å². The normalized spacial score (nSPS) is 15.0. The molecule has 0 fully saturated rings. The van der Waals surface area contributed by atoms with Gasteiger partial charge in [0.15, 0.2) is 0 Å². The molecule has 0 aliphatic carbocycles. The summed E-state index contributed by atoms with van der Waals surface area (Å²) in [5, 5.41) is 26.7. The van der Waals surface area contributed by atoms with Crippen LogP contribution in [0.15, 0.2) is 30.5 Å². The third-order valence-corrected chi connectivity index (χ3v) is 7.13. The number of carboxylic acids is 2. The Bertz CT molecular complexity index is 1170. The Morgan fingerprint density at radius 3 is 2.28 bits per heavy atom. The molecule has 0 radical (unpaired) electrons. The fraction of sp³-hybridized carbons (Fsp3) is 0.500. The van der Waals surface area contributed by atoms with Crippen LogP contribution >= 0.6 is 11.8 Å².